The standard InChI is InChI=1S/C12H18N2OS/c1-7-5-10(8(2)16-7)11(12(13)15)14-6-9-3-4-9/h5,9,11,14H,3-4,6H2,1-2H3,(H2,13,15). The van der Waals surface area contributed by atoms with Gasteiger partial charge < -0.3 is 11.1 Å². The minimum Gasteiger partial charge on any atom is -0.368 e. The van der Waals surface area contributed by atoms with E-state index in [1.54, 1.807) is 11.3 Å². The van der Waals surface area contributed by atoms with Crippen LogP contribution < -0.4 is 11.1 Å². The van der Waals surface area contributed by atoms with Crippen molar-refractivity contribution in [2.45, 2.75) is 32.7 Å². The zero-order valence-electron chi connectivity index (χ0n) is 9.75. The molecule has 1 fully saturated rings. The molecule has 0 spiro atoms. The van der Waals surface area contributed by atoms with Crippen molar-refractivity contribution in [3.63, 3.8) is 0 Å². The Morgan fingerprint density at radius 1 is 1.62 bits per heavy atom. The smallest absolute Gasteiger partial charge is 0.239 e. The second kappa shape index (κ2) is 4.55. The topological polar surface area (TPSA) is 55.1 Å². The summed E-state index contributed by atoms with van der Waals surface area (Å²) < 4.78 is 0. The summed E-state index contributed by atoms with van der Waals surface area (Å²) in [4.78, 5) is 13.9. The number of primary amides is 1. The molecule has 2 rings (SSSR count). The summed E-state index contributed by atoms with van der Waals surface area (Å²) in [5.74, 6) is 0.475. The molecule has 1 amide bonds. The van der Waals surface area contributed by atoms with E-state index in [9.17, 15) is 4.79 Å². The molecule has 0 aliphatic heterocycles. The van der Waals surface area contributed by atoms with Gasteiger partial charge >= 0.3 is 0 Å². The van der Waals surface area contributed by atoms with Gasteiger partial charge in [-0.25, -0.2) is 0 Å². The van der Waals surface area contributed by atoms with Gasteiger partial charge in [-0.2, -0.15) is 0 Å². The quantitative estimate of drug-likeness (QED) is 0.823. The number of nitrogens with two attached hydrogens (primary N) is 1. The van der Waals surface area contributed by atoms with Crippen LogP contribution in [0.3, 0.4) is 0 Å². The molecule has 1 unspecified atom stereocenters. The Morgan fingerprint density at radius 3 is 2.75 bits per heavy atom. The maximum atomic E-state index is 11.5. The van der Waals surface area contributed by atoms with Crippen molar-refractivity contribution in [3.05, 3.63) is 21.4 Å². The Labute approximate surface area is 100 Å². The van der Waals surface area contributed by atoms with Gasteiger partial charge in [0.1, 0.15) is 6.04 Å². The first-order chi connectivity index (χ1) is 7.58. The van der Waals surface area contributed by atoms with Gasteiger partial charge in [-0.15, -0.1) is 11.3 Å². The van der Waals surface area contributed by atoms with Crippen molar-refractivity contribution in [1.29, 1.82) is 0 Å². The summed E-state index contributed by atoms with van der Waals surface area (Å²) in [5, 5.41) is 3.28. The fraction of sp³-hybridized carbons (Fsp3) is 0.583. The molecular formula is C12H18N2OS. The number of aryl methyl sites for hydroxylation is 2. The molecule has 0 bridgehead atoms. The van der Waals surface area contributed by atoms with Crippen molar-refractivity contribution in [3.8, 4) is 0 Å². The molecule has 1 aromatic rings. The van der Waals surface area contributed by atoms with Crippen molar-refractivity contribution in [2.24, 2.45) is 11.7 Å². The molecule has 0 saturated heterocycles. The molecule has 0 radical (unpaired) electrons. The van der Waals surface area contributed by atoms with Crippen molar-refractivity contribution in [1.82, 2.24) is 5.32 Å². The average Bonchev–Trinajstić information content (AvgIpc) is 2.94. The van der Waals surface area contributed by atoms with E-state index in [2.05, 4.69) is 18.3 Å². The number of nitrogens with one attached hydrogen (secondary N) is 1. The van der Waals surface area contributed by atoms with Crippen molar-refractivity contribution < 1.29 is 4.79 Å². The lowest BCUT2D eigenvalue weighted by molar-refractivity contribution is -0.120. The maximum Gasteiger partial charge on any atom is 0.239 e. The number of amides is 1. The number of rotatable bonds is 5. The first kappa shape index (κ1) is 11.6. The third kappa shape index (κ3) is 2.62. The monoisotopic (exact) mass is 238 g/mol. The van der Waals surface area contributed by atoms with Crippen LogP contribution in [0.15, 0.2) is 6.07 Å². The summed E-state index contributed by atoms with van der Waals surface area (Å²) in [7, 11) is 0. The van der Waals surface area contributed by atoms with Gasteiger partial charge in [0.15, 0.2) is 0 Å². The van der Waals surface area contributed by atoms with Gasteiger partial charge in [-0.05, 0) is 50.8 Å². The van der Waals surface area contributed by atoms with E-state index in [1.165, 1.54) is 22.6 Å². The molecule has 1 aliphatic carbocycles. The number of thiophene rings is 1. The summed E-state index contributed by atoms with van der Waals surface area (Å²) in [6, 6.07) is 1.75. The lowest BCUT2D eigenvalue weighted by Crippen LogP contribution is -2.34. The fourth-order valence-electron chi connectivity index (χ4n) is 1.91. The lowest BCUT2D eigenvalue weighted by atomic mass is 10.1. The first-order valence-corrected chi connectivity index (χ1v) is 6.49. The molecule has 16 heavy (non-hydrogen) atoms. The van der Waals surface area contributed by atoms with Crippen LogP contribution in [0, 0.1) is 19.8 Å². The summed E-state index contributed by atoms with van der Waals surface area (Å²) in [6.45, 7) is 5.00. The van der Waals surface area contributed by atoms with Crippen LogP contribution in [0.4, 0.5) is 0 Å². The van der Waals surface area contributed by atoms with E-state index in [4.69, 9.17) is 5.73 Å². The van der Waals surface area contributed by atoms with Gasteiger partial charge in [-0.3, -0.25) is 4.79 Å². The highest BCUT2D eigenvalue weighted by molar-refractivity contribution is 7.12. The largest absolute Gasteiger partial charge is 0.368 e. The SMILES string of the molecule is Cc1cc(C(NCC2CC2)C(N)=O)c(C)s1. The Bertz CT molecular complexity index is 396. The van der Waals surface area contributed by atoms with Crippen LogP contribution in [0.25, 0.3) is 0 Å². The molecule has 1 saturated carbocycles. The maximum absolute atomic E-state index is 11.5. The predicted octanol–water partition coefficient (Wildman–Crippen LogP) is 1.89. The predicted molar refractivity (Wildman–Crippen MR) is 66.5 cm³/mol. The second-order valence-corrected chi connectivity index (χ2v) is 6.02. The Hall–Kier alpha value is -0.870. The van der Waals surface area contributed by atoms with E-state index in [0.717, 1.165) is 18.0 Å². The van der Waals surface area contributed by atoms with Gasteiger partial charge in [0, 0.05) is 9.75 Å². The van der Waals surface area contributed by atoms with Crippen molar-refractivity contribution >= 4 is 17.2 Å². The molecule has 4 heteroatoms. The zero-order chi connectivity index (χ0) is 11.7. The normalized spacial score (nSPS) is 17.4. The third-order valence-corrected chi connectivity index (χ3v) is 3.96. The highest BCUT2D eigenvalue weighted by atomic mass is 32.1. The minimum atomic E-state index is -0.314. The van der Waals surface area contributed by atoms with Gasteiger partial charge in [0.05, 0.1) is 0 Å². The molecular weight excluding hydrogens is 220 g/mol. The fourth-order valence-corrected chi connectivity index (χ4v) is 2.87. The summed E-state index contributed by atoms with van der Waals surface area (Å²) >= 11 is 1.72. The highest BCUT2D eigenvalue weighted by Crippen LogP contribution is 2.30. The molecule has 88 valence electrons. The minimum absolute atomic E-state index is 0.276. The molecule has 1 aliphatic rings. The van der Waals surface area contributed by atoms with E-state index < -0.39 is 0 Å². The second-order valence-electron chi connectivity index (χ2n) is 4.56. The number of hydrogen-bond donors (Lipinski definition) is 2. The zero-order valence-corrected chi connectivity index (χ0v) is 10.6. The van der Waals surface area contributed by atoms with E-state index >= 15 is 0 Å². The van der Waals surface area contributed by atoms with Gasteiger partial charge in [0.2, 0.25) is 5.91 Å². The molecule has 1 aromatic heterocycles. The molecule has 3 nitrogen and oxygen atoms in total. The van der Waals surface area contributed by atoms with E-state index in [1.807, 2.05) is 6.92 Å². The average molecular weight is 238 g/mol. The molecule has 3 N–H and O–H groups in total. The first-order valence-electron chi connectivity index (χ1n) is 5.67. The summed E-state index contributed by atoms with van der Waals surface area (Å²) in [5.41, 5.74) is 6.51. The number of hydrogen-bond acceptors (Lipinski definition) is 3. The van der Waals surface area contributed by atoms with Gasteiger partial charge in [-0.1, -0.05) is 0 Å². The van der Waals surface area contributed by atoms with Gasteiger partial charge in [0.25, 0.3) is 0 Å². The molecule has 1 heterocycles. The lowest BCUT2D eigenvalue weighted by Gasteiger charge is -2.15. The Morgan fingerprint density at radius 2 is 2.31 bits per heavy atom. The Balaban J connectivity index is 2.10. The summed E-state index contributed by atoms with van der Waals surface area (Å²) in [6.07, 6.45) is 2.56. The number of carbonyl (C=O) groups is 1. The Kier molecular flexibility index (Phi) is 3.30. The van der Waals surface area contributed by atoms with E-state index in [-0.39, 0.29) is 11.9 Å². The van der Waals surface area contributed by atoms with Crippen LogP contribution in [0.5, 0.6) is 0 Å². The third-order valence-electron chi connectivity index (χ3n) is 2.98. The highest BCUT2D eigenvalue weighted by Gasteiger charge is 2.26. The molecule has 1 atom stereocenters. The van der Waals surface area contributed by atoms with E-state index in [0.29, 0.717) is 0 Å². The number of carbonyl (C=O) groups excluding carboxylic acids is 1. The van der Waals surface area contributed by atoms with Crippen LogP contribution in [-0.2, 0) is 4.79 Å². The van der Waals surface area contributed by atoms with Crippen LogP contribution in [0.1, 0.15) is 34.2 Å². The van der Waals surface area contributed by atoms with Crippen LogP contribution in [-0.4, -0.2) is 12.5 Å². The molecule has 0 aromatic carbocycles. The van der Waals surface area contributed by atoms with Crippen LogP contribution in [0.2, 0.25) is 0 Å². The van der Waals surface area contributed by atoms with Crippen LogP contribution >= 0.6 is 11.3 Å². The van der Waals surface area contributed by atoms with Crippen molar-refractivity contribution in [2.75, 3.05) is 6.54 Å².